The number of rotatable bonds is 37. The summed E-state index contributed by atoms with van der Waals surface area (Å²) in [6.45, 7) is -4.04. The van der Waals surface area contributed by atoms with E-state index in [0.29, 0.717) is 44.1 Å². The van der Waals surface area contributed by atoms with Gasteiger partial charge in [-0.25, -0.2) is 33.6 Å². The van der Waals surface area contributed by atoms with Crippen LogP contribution in [0.3, 0.4) is 0 Å². The van der Waals surface area contributed by atoms with E-state index in [2.05, 4.69) is 34.0 Å². The van der Waals surface area contributed by atoms with Crippen molar-refractivity contribution in [3.05, 3.63) is 60.2 Å². The number of benzene rings is 1. The molecule has 378 valence electrons. The lowest BCUT2D eigenvalue weighted by atomic mass is 10.1. The van der Waals surface area contributed by atoms with Gasteiger partial charge in [-0.1, -0.05) is 18.6 Å². The largest absolute Gasteiger partial charge is 0.466 e. The van der Waals surface area contributed by atoms with Crippen molar-refractivity contribution < 1.29 is 111 Å². The highest BCUT2D eigenvalue weighted by Gasteiger charge is 2.25. The zero-order chi connectivity index (χ0) is 50.7. The Labute approximate surface area is 384 Å². The Morgan fingerprint density at radius 2 is 0.956 bits per heavy atom. The second-order valence-electron chi connectivity index (χ2n) is 13.5. The van der Waals surface area contributed by atoms with Crippen molar-refractivity contribution >= 4 is 53.7 Å². The van der Waals surface area contributed by atoms with Crippen LogP contribution in [0.5, 0.6) is 5.75 Å². The summed E-state index contributed by atoms with van der Waals surface area (Å²) < 4.78 is 38.6. The van der Waals surface area contributed by atoms with E-state index >= 15 is 0 Å². The lowest BCUT2D eigenvalue weighted by molar-refractivity contribution is -0.757. The van der Waals surface area contributed by atoms with E-state index in [1.807, 2.05) is 0 Å². The minimum Gasteiger partial charge on any atom is -0.466 e. The molecule has 30 nitrogen and oxygen atoms in total. The molecule has 1 N–H and O–H groups in total. The van der Waals surface area contributed by atoms with E-state index < -0.39 is 114 Å². The monoisotopic (exact) mass is 978 g/mol. The topological polar surface area (TPSA) is 397 Å². The Morgan fingerprint density at radius 1 is 0.500 bits per heavy atom. The molecule has 0 radical (unpaired) electrons. The maximum absolute atomic E-state index is 13.0. The first-order chi connectivity index (χ1) is 32.3. The van der Waals surface area contributed by atoms with Crippen LogP contribution in [-0.4, -0.2) is 141 Å². The molecule has 1 aromatic rings. The molecule has 1 aromatic carbocycles. The molecule has 1 rings (SSSR count). The van der Waals surface area contributed by atoms with Gasteiger partial charge in [-0.2, -0.15) is 0 Å². The molecule has 0 saturated heterocycles. The molecule has 0 bridgehead atoms. The minimum absolute atomic E-state index is 0.0469. The molecule has 0 saturated carbocycles. The summed E-state index contributed by atoms with van der Waals surface area (Å²) in [5, 5.41) is 29.9. The van der Waals surface area contributed by atoms with E-state index in [9.17, 15) is 73.5 Å². The summed E-state index contributed by atoms with van der Waals surface area (Å²) in [4.78, 5) is 152. The number of carbonyl (C=O) groups is 9. The number of esters is 8. The number of amides is 1. The molecule has 0 aliphatic heterocycles. The highest BCUT2D eigenvalue weighted by molar-refractivity contribution is 5.86. The Hall–Kier alpha value is -7.95. The van der Waals surface area contributed by atoms with Crippen LogP contribution in [0.2, 0.25) is 0 Å². The summed E-state index contributed by atoms with van der Waals surface area (Å²) in [7, 11) is 0. The van der Waals surface area contributed by atoms with Gasteiger partial charge in [0.25, 0.3) is 15.3 Å². The van der Waals surface area contributed by atoms with Gasteiger partial charge < -0.3 is 57.7 Å². The van der Waals surface area contributed by atoms with Gasteiger partial charge in [-0.3, -0.25) is 9.59 Å². The maximum Gasteiger partial charge on any atom is 0.352 e. The van der Waals surface area contributed by atoms with Gasteiger partial charge in [0.15, 0.2) is 39.1 Å². The molecule has 30 heteroatoms. The van der Waals surface area contributed by atoms with E-state index in [4.69, 9.17) is 23.7 Å². The van der Waals surface area contributed by atoms with Crippen LogP contribution in [0.15, 0.2) is 24.3 Å². The zero-order valence-corrected chi connectivity index (χ0v) is 36.6. The molecule has 0 aliphatic carbocycles. The Kier molecular flexibility index (Phi) is 29.4. The second kappa shape index (κ2) is 34.4. The predicted molar refractivity (Wildman–Crippen MR) is 214 cm³/mol. The third-order valence-electron chi connectivity index (χ3n) is 8.05. The summed E-state index contributed by atoms with van der Waals surface area (Å²) >= 11 is 0. The average molecular weight is 979 g/mol. The first-order valence-corrected chi connectivity index (χ1v) is 20.4. The van der Waals surface area contributed by atoms with Crippen LogP contribution < -0.4 is 10.1 Å². The second-order valence-corrected chi connectivity index (χ2v) is 13.5. The van der Waals surface area contributed by atoms with Gasteiger partial charge >= 0.3 is 47.8 Å². The van der Waals surface area contributed by atoms with E-state index in [0.717, 1.165) is 6.92 Å². The molecular weight excluding hydrogens is 928 g/mol. The lowest BCUT2D eigenvalue weighted by Gasteiger charge is -2.18. The standard InChI is InChI=1S/C38H50N4O26/c1-26(67-36(49)25-66-42(56)57)37(50)68-28-14-12-27(13-15-28)20-29(39-30(43)10-4-2-7-18-64-40(52)53)38(51)63-24-35(48)62-23-34(47)61-22-33(46)60-21-32(45)59-16-6-3-5-11-31(44)58-17-8-9-19-65-41(54)55/h12-15,26,29H,2-11,16-25H2,1H3,(H,39,43). The fourth-order valence-electron chi connectivity index (χ4n) is 4.83. The summed E-state index contributed by atoms with van der Waals surface area (Å²) in [6, 6.07) is 3.92. The van der Waals surface area contributed by atoms with Crippen molar-refractivity contribution in [1.82, 2.24) is 5.32 Å². The molecule has 0 aromatic heterocycles. The Bertz CT molecular complexity index is 1860. The van der Waals surface area contributed by atoms with Crippen LogP contribution in [-0.2, 0) is 97.2 Å². The highest BCUT2D eigenvalue weighted by Crippen LogP contribution is 2.16. The molecule has 1 amide bonds. The normalized spacial score (nSPS) is 11.2. The number of carbonyl (C=O) groups excluding carboxylic acids is 9. The molecule has 0 aliphatic rings. The third-order valence-corrected chi connectivity index (χ3v) is 8.05. The highest BCUT2D eigenvalue weighted by atomic mass is 17.0. The first kappa shape index (κ1) is 58.1. The number of nitrogens with one attached hydrogen (secondary N) is 1. The molecule has 0 fully saturated rings. The van der Waals surface area contributed by atoms with Gasteiger partial charge in [-0.15, -0.1) is 30.3 Å². The van der Waals surface area contributed by atoms with Crippen molar-refractivity contribution in [3.8, 4) is 5.75 Å². The van der Waals surface area contributed by atoms with Crippen molar-refractivity contribution in [2.45, 2.75) is 89.7 Å². The van der Waals surface area contributed by atoms with Gasteiger partial charge in [0.2, 0.25) is 5.91 Å². The van der Waals surface area contributed by atoms with E-state index in [1.165, 1.54) is 24.3 Å². The SMILES string of the molecule is CC(OC(=O)CO[N+](=O)[O-])C(=O)Oc1ccc(CC(NC(=O)CCCCCO[N+](=O)[O-])C(=O)OCC(=O)OCC(=O)OCC(=O)OCC(=O)OCCCCCC(=O)OCCCCO[N+](=O)[O-])cc1. The summed E-state index contributed by atoms with van der Waals surface area (Å²) in [5.74, 6) is -9.07. The average Bonchev–Trinajstić information content (AvgIpc) is 3.28. The molecule has 68 heavy (non-hydrogen) atoms. The van der Waals surface area contributed by atoms with Crippen molar-refractivity contribution in [2.75, 3.05) is 59.5 Å². The van der Waals surface area contributed by atoms with Crippen LogP contribution in [0, 0.1) is 30.3 Å². The van der Waals surface area contributed by atoms with Gasteiger partial charge in [-0.05, 0) is 69.6 Å². The molecule has 0 spiro atoms. The number of ether oxygens (including phenoxy) is 8. The summed E-state index contributed by atoms with van der Waals surface area (Å²) in [6.07, 6.45) is 1.17. The zero-order valence-electron chi connectivity index (χ0n) is 36.6. The maximum atomic E-state index is 13.0. The molecule has 2 unspecified atom stereocenters. The van der Waals surface area contributed by atoms with Gasteiger partial charge in [0.05, 0.1) is 26.4 Å². The number of nitrogens with zero attached hydrogens (tertiary/aromatic N) is 3. The number of hydrogen-bond acceptors (Lipinski definition) is 26. The third kappa shape index (κ3) is 31.0. The fourth-order valence-corrected chi connectivity index (χ4v) is 4.83. The molecule has 0 heterocycles. The lowest BCUT2D eigenvalue weighted by Crippen LogP contribution is -2.44. The minimum atomic E-state index is -1.49. The van der Waals surface area contributed by atoms with Crippen molar-refractivity contribution in [1.29, 1.82) is 0 Å². The number of hydrogen-bond donors (Lipinski definition) is 1. The van der Waals surface area contributed by atoms with Gasteiger partial charge in [0, 0.05) is 19.3 Å². The van der Waals surface area contributed by atoms with Crippen LogP contribution >= 0.6 is 0 Å². The quantitative estimate of drug-likeness (QED) is 0.0234. The smallest absolute Gasteiger partial charge is 0.352 e. The molecule has 2 atom stereocenters. The number of unbranched alkanes of at least 4 members (excludes halogenated alkanes) is 5. The Balaban J connectivity index is 2.51. The van der Waals surface area contributed by atoms with Crippen LogP contribution in [0.4, 0.5) is 0 Å². The van der Waals surface area contributed by atoms with Crippen molar-refractivity contribution in [2.24, 2.45) is 0 Å². The Morgan fingerprint density at radius 3 is 1.50 bits per heavy atom. The van der Waals surface area contributed by atoms with Crippen molar-refractivity contribution in [3.63, 3.8) is 0 Å². The van der Waals surface area contributed by atoms with E-state index in [1.54, 1.807) is 0 Å². The first-order valence-electron chi connectivity index (χ1n) is 20.4. The van der Waals surface area contributed by atoms with Crippen LogP contribution in [0.25, 0.3) is 0 Å². The summed E-state index contributed by atoms with van der Waals surface area (Å²) in [5.41, 5.74) is 0.363. The fraction of sp³-hybridized carbons (Fsp3) is 0.605. The van der Waals surface area contributed by atoms with Crippen LogP contribution in [0.1, 0.15) is 76.7 Å². The van der Waals surface area contributed by atoms with Gasteiger partial charge in [0.1, 0.15) is 11.8 Å². The van der Waals surface area contributed by atoms with E-state index in [-0.39, 0.29) is 64.3 Å². The predicted octanol–water partition coefficient (Wildman–Crippen LogP) is 0.336. The molecular formula is C38H50N4O26.